The first kappa shape index (κ1) is 8.53. The zero-order valence-corrected chi connectivity index (χ0v) is 7.68. The summed E-state index contributed by atoms with van der Waals surface area (Å²) < 4.78 is 0. The van der Waals surface area contributed by atoms with Crippen LogP contribution in [0.5, 0.6) is 0 Å². The van der Waals surface area contributed by atoms with Gasteiger partial charge in [0.1, 0.15) is 0 Å². The maximum atomic E-state index is 11.5. The molecule has 1 amide bonds. The maximum Gasteiger partial charge on any atom is 0.286 e. The van der Waals surface area contributed by atoms with Gasteiger partial charge >= 0.3 is 0 Å². The predicted molar refractivity (Wildman–Crippen MR) is 50.7 cm³/mol. The molecule has 0 atom stereocenters. The van der Waals surface area contributed by atoms with Gasteiger partial charge in [-0.25, -0.2) is 0 Å². The molecule has 0 radical (unpaired) electrons. The summed E-state index contributed by atoms with van der Waals surface area (Å²) in [4.78, 5) is 15.6. The SMILES string of the molecule is O=C(NC1CCCC1)C1=NCCN1. The van der Waals surface area contributed by atoms with Crippen molar-refractivity contribution < 1.29 is 4.79 Å². The van der Waals surface area contributed by atoms with Crippen molar-refractivity contribution >= 4 is 11.7 Å². The van der Waals surface area contributed by atoms with Gasteiger partial charge in [0.25, 0.3) is 5.91 Å². The van der Waals surface area contributed by atoms with Gasteiger partial charge < -0.3 is 10.6 Å². The number of aliphatic imine (C=N–C) groups is 1. The van der Waals surface area contributed by atoms with E-state index in [0.717, 1.165) is 25.9 Å². The lowest BCUT2D eigenvalue weighted by molar-refractivity contribution is -0.115. The van der Waals surface area contributed by atoms with E-state index in [2.05, 4.69) is 15.6 Å². The summed E-state index contributed by atoms with van der Waals surface area (Å²) in [6.45, 7) is 1.53. The van der Waals surface area contributed by atoms with Crippen molar-refractivity contribution in [2.75, 3.05) is 13.1 Å². The van der Waals surface area contributed by atoms with Crippen LogP contribution >= 0.6 is 0 Å². The Hall–Kier alpha value is -1.06. The van der Waals surface area contributed by atoms with Gasteiger partial charge in [-0.05, 0) is 12.8 Å². The Morgan fingerprint density at radius 2 is 2.23 bits per heavy atom. The smallest absolute Gasteiger partial charge is 0.286 e. The number of hydrogen-bond acceptors (Lipinski definition) is 3. The molecule has 72 valence electrons. The van der Waals surface area contributed by atoms with Crippen molar-refractivity contribution in [2.45, 2.75) is 31.7 Å². The molecule has 0 saturated heterocycles. The van der Waals surface area contributed by atoms with Crippen LogP contribution in [0.25, 0.3) is 0 Å². The fourth-order valence-electron chi connectivity index (χ4n) is 1.87. The van der Waals surface area contributed by atoms with Crippen LogP contribution in [-0.4, -0.2) is 30.9 Å². The number of nitrogens with zero attached hydrogens (tertiary/aromatic N) is 1. The van der Waals surface area contributed by atoms with Crippen LogP contribution in [0.15, 0.2) is 4.99 Å². The lowest BCUT2D eigenvalue weighted by atomic mass is 10.2. The van der Waals surface area contributed by atoms with Crippen molar-refractivity contribution in [3.63, 3.8) is 0 Å². The molecule has 1 heterocycles. The first-order chi connectivity index (χ1) is 6.36. The van der Waals surface area contributed by atoms with Gasteiger partial charge in [0, 0.05) is 12.6 Å². The summed E-state index contributed by atoms with van der Waals surface area (Å²) in [5, 5.41) is 5.96. The van der Waals surface area contributed by atoms with Gasteiger partial charge in [-0.15, -0.1) is 0 Å². The van der Waals surface area contributed by atoms with Gasteiger partial charge in [-0.1, -0.05) is 12.8 Å². The molecule has 1 saturated carbocycles. The van der Waals surface area contributed by atoms with E-state index in [1.807, 2.05) is 0 Å². The van der Waals surface area contributed by atoms with Gasteiger partial charge in [0.15, 0.2) is 5.84 Å². The summed E-state index contributed by atoms with van der Waals surface area (Å²) in [7, 11) is 0. The molecular weight excluding hydrogens is 166 g/mol. The second-order valence-electron chi connectivity index (χ2n) is 3.61. The van der Waals surface area contributed by atoms with Gasteiger partial charge in [0.2, 0.25) is 0 Å². The average Bonchev–Trinajstić information content (AvgIpc) is 2.74. The minimum atomic E-state index is -0.0237. The normalized spacial score (nSPS) is 22.6. The number of amidine groups is 1. The van der Waals surface area contributed by atoms with Crippen molar-refractivity contribution in [2.24, 2.45) is 4.99 Å². The summed E-state index contributed by atoms with van der Waals surface area (Å²) in [5.74, 6) is 0.497. The molecule has 0 spiro atoms. The van der Waals surface area contributed by atoms with Crippen LogP contribution in [0.1, 0.15) is 25.7 Å². The van der Waals surface area contributed by atoms with E-state index in [1.54, 1.807) is 0 Å². The Morgan fingerprint density at radius 1 is 1.46 bits per heavy atom. The van der Waals surface area contributed by atoms with E-state index < -0.39 is 0 Å². The van der Waals surface area contributed by atoms with Crippen LogP contribution < -0.4 is 10.6 Å². The van der Waals surface area contributed by atoms with E-state index in [-0.39, 0.29) is 5.91 Å². The van der Waals surface area contributed by atoms with Crippen LogP contribution in [0.2, 0.25) is 0 Å². The molecule has 0 aromatic carbocycles. The standard InChI is InChI=1S/C9H15N3O/c13-9(8-10-5-6-11-8)12-7-3-1-2-4-7/h7H,1-6H2,(H,10,11)(H,12,13). The van der Waals surface area contributed by atoms with E-state index in [1.165, 1.54) is 12.8 Å². The third-order valence-electron chi connectivity index (χ3n) is 2.58. The molecular formula is C9H15N3O. The largest absolute Gasteiger partial charge is 0.364 e. The number of amides is 1. The van der Waals surface area contributed by atoms with Crippen molar-refractivity contribution in [3.8, 4) is 0 Å². The van der Waals surface area contributed by atoms with Crippen LogP contribution in [0, 0.1) is 0 Å². The second kappa shape index (κ2) is 3.77. The minimum absolute atomic E-state index is 0.0237. The zero-order valence-electron chi connectivity index (χ0n) is 7.68. The molecule has 0 aromatic rings. The highest BCUT2D eigenvalue weighted by Crippen LogP contribution is 2.17. The molecule has 0 unspecified atom stereocenters. The Labute approximate surface area is 77.8 Å². The number of carbonyl (C=O) groups is 1. The van der Waals surface area contributed by atoms with E-state index in [9.17, 15) is 4.79 Å². The van der Waals surface area contributed by atoms with Gasteiger partial charge in [0.05, 0.1) is 6.54 Å². The van der Waals surface area contributed by atoms with E-state index >= 15 is 0 Å². The summed E-state index contributed by atoms with van der Waals surface area (Å²) in [6.07, 6.45) is 4.73. The Balaban J connectivity index is 1.83. The number of hydrogen-bond donors (Lipinski definition) is 2. The Bertz CT molecular complexity index is 231. The van der Waals surface area contributed by atoms with E-state index in [4.69, 9.17) is 0 Å². The molecule has 4 nitrogen and oxygen atoms in total. The molecule has 2 N–H and O–H groups in total. The summed E-state index contributed by atoms with van der Waals surface area (Å²) in [6, 6.07) is 0.387. The average molecular weight is 181 g/mol. The van der Waals surface area contributed by atoms with Gasteiger partial charge in [-0.2, -0.15) is 0 Å². The van der Waals surface area contributed by atoms with Crippen LogP contribution in [0.3, 0.4) is 0 Å². The molecule has 0 aromatic heterocycles. The highest BCUT2D eigenvalue weighted by atomic mass is 16.2. The Morgan fingerprint density at radius 3 is 2.85 bits per heavy atom. The molecule has 2 rings (SSSR count). The summed E-state index contributed by atoms with van der Waals surface area (Å²) >= 11 is 0. The fourth-order valence-corrected chi connectivity index (χ4v) is 1.87. The van der Waals surface area contributed by atoms with Crippen LogP contribution in [-0.2, 0) is 4.79 Å². The molecule has 4 heteroatoms. The third-order valence-corrected chi connectivity index (χ3v) is 2.58. The van der Waals surface area contributed by atoms with Crippen molar-refractivity contribution in [3.05, 3.63) is 0 Å². The maximum absolute atomic E-state index is 11.5. The topological polar surface area (TPSA) is 53.5 Å². The number of rotatable bonds is 2. The minimum Gasteiger partial charge on any atom is -0.364 e. The number of nitrogens with one attached hydrogen (secondary N) is 2. The van der Waals surface area contributed by atoms with Crippen molar-refractivity contribution in [1.29, 1.82) is 0 Å². The fraction of sp³-hybridized carbons (Fsp3) is 0.778. The molecule has 1 fully saturated rings. The van der Waals surface area contributed by atoms with Crippen LogP contribution in [0.4, 0.5) is 0 Å². The molecule has 13 heavy (non-hydrogen) atoms. The molecule has 1 aliphatic carbocycles. The van der Waals surface area contributed by atoms with Gasteiger partial charge in [-0.3, -0.25) is 9.79 Å². The third kappa shape index (κ3) is 1.99. The Kier molecular flexibility index (Phi) is 2.47. The molecule has 1 aliphatic heterocycles. The summed E-state index contributed by atoms with van der Waals surface area (Å²) in [5.41, 5.74) is 0. The lowest BCUT2D eigenvalue weighted by Crippen LogP contribution is -2.42. The number of carbonyl (C=O) groups excluding carboxylic acids is 1. The lowest BCUT2D eigenvalue weighted by Gasteiger charge is -2.11. The highest BCUT2D eigenvalue weighted by Gasteiger charge is 2.21. The quantitative estimate of drug-likeness (QED) is 0.632. The predicted octanol–water partition coefficient (Wildman–Crippen LogP) is 0.0469. The highest BCUT2D eigenvalue weighted by molar-refractivity contribution is 6.38. The van der Waals surface area contributed by atoms with E-state index in [0.29, 0.717) is 11.9 Å². The first-order valence-corrected chi connectivity index (χ1v) is 4.95. The molecule has 2 aliphatic rings. The first-order valence-electron chi connectivity index (χ1n) is 4.95. The van der Waals surface area contributed by atoms with Crippen molar-refractivity contribution in [1.82, 2.24) is 10.6 Å². The zero-order chi connectivity index (χ0) is 9.10. The monoisotopic (exact) mass is 181 g/mol. The molecule has 0 bridgehead atoms. The second-order valence-corrected chi connectivity index (χ2v) is 3.61.